The molecular formula is C16H18N4O. The summed E-state index contributed by atoms with van der Waals surface area (Å²) in [6.45, 7) is 4.81. The van der Waals surface area contributed by atoms with Crippen molar-refractivity contribution >= 4 is 16.9 Å². The zero-order chi connectivity index (χ0) is 14.8. The van der Waals surface area contributed by atoms with Gasteiger partial charge < -0.3 is 15.8 Å². The van der Waals surface area contributed by atoms with Crippen LogP contribution in [-0.4, -0.2) is 13.7 Å². The molecule has 0 aliphatic carbocycles. The van der Waals surface area contributed by atoms with Gasteiger partial charge in [-0.25, -0.2) is 5.43 Å². The fourth-order valence-electron chi connectivity index (χ4n) is 2.34. The maximum atomic E-state index is 5.91. The summed E-state index contributed by atoms with van der Waals surface area (Å²) in [5.41, 5.74) is 16.2. The van der Waals surface area contributed by atoms with E-state index in [0.717, 1.165) is 33.9 Å². The van der Waals surface area contributed by atoms with Gasteiger partial charge in [0.1, 0.15) is 11.5 Å². The van der Waals surface area contributed by atoms with Crippen molar-refractivity contribution in [3.8, 4) is 11.5 Å². The molecule has 0 unspecified atom stereocenters. The van der Waals surface area contributed by atoms with E-state index >= 15 is 0 Å². The third-order valence-corrected chi connectivity index (χ3v) is 3.41. The lowest BCUT2D eigenvalue weighted by molar-refractivity contribution is 0.474. The van der Waals surface area contributed by atoms with E-state index in [1.807, 2.05) is 43.4 Å². The molecule has 1 aliphatic heterocycles. The minimum atomic E-state index is 0.621. The second-order valence-corrected chi connectivity index (χ2v) is 4.83. The van der Waals surface area contributed by atoms with Gasteiger partial charge in [0.25, 0.3) is 0 Å². The van der Waals surface area contributed by atoms with Crippen LogP contribution in [0.25, 0.3) is 5.57 Å². The number of rotatable bonds is 4. The van der Waals surface area contributed by atoms with Gasteiger partial charge in [-0.1, -0.05) is 6.58 Å². The number of nitrogen functional groups attached to an aromatic ring is 1. The zero-order valence-corrected chi connectivity index (χ0v) is 11.9. The second kappa shape index (κ2) is 5.47. The van der Waals surface area contributed by atoms with E-state index in [4.69, 9.17) is 10.5 Å². The van der Waals surface area contributed by atoms with Gasteiger partial charge in [-0.2, -0.15) is 0 Å². The van der Waals surface area contributed by atoms with Crippen LogP contribution < -0.4 is 26.6 Å². The van der Waals surface area contributed by atoms with Crippen LogP contribution in [0.4, 0.5) is 11.4 Å². The van der Waals surface area contributed by atoms with Gasteiger partial charge in [-0.3, -0.25) is 5.43 Å². The Kier molecular flexibility index (Phi) is 3.51. The van der Waals surface area contributed by atoms with Crippen molar-refractivity contribution in [2.24, 2.45) is 0 Å². The average molecular weight is 282 g/mol. The predicted molar refractivity (Wildman–Crippen MR) is 86.2 cm³/mol. The number of nitrogens with two attached hydrogens (primary N) is 1. The molecule has 0 atom stereocenters. The SMILES string of the molecule is C=C1c2ccc(N)cc2Oc2ccc(NCNNC)cc21. The van der Waals surface area contributed by atoms with Gasteiger partial charge in [0, 0.05) is 28.6 Å². The highest BCUT2D eigenvalue weighted by atomic mass is 16.5. The van der Waals surface area contributed by atoms with Crippen molar-refractivity contribution in [3.05, 3.63) is 54.1 Å². The highest BCUT2D eigenvalue weighted by Gasteiger charge is 2.20. The fraction of sp³-hybridized carbons (Fsp3) is 0.125. The summed E-state index contributed by atoms with van der Waals surface area (Å²) in [6, 6.07) is 11.6. The van der Waals surface area contributed by atoms with E-state index in [0.29, 0.717) is 12.4 Å². The lowest BCUT2D eigenvalue weighted by Crippen LogP contribution is -2.32. The van der Waals surface area contributed by atoms with Crippen LogP contribution in [0.5, 0.6) is 11.5 Å². The molecule has 0 saturated carbocycles. The molecule has 1 heterocycles. The molecule has 1 aliphatic rings. The molecule has 5 N–H and O–H groups in total. The van der Waals surface area contributed by atoms with Gasteiger partial charge in [0.05, 0.1) is 6.67 Å². The highest BCUT2D eigenvalue weighted by Crippen LogP contribution is 2.44. The molecule has 5 nitrogen and oxygen atoms in total. The third-order valence-electron chi connectivity index (χ3n) is 3.41. The van der Waals surface area contributed by atoms with Crippen LogP contribution in [0.3, 0.4) is 0 Å². The number of nitrogens with one attached hydrogen (secondary N) is 3. The largest absolute Gasteiger partial charge is 0.456 e. The molecule has 0 fully saturated rings. The Morgan fingerprint density at radius 2 is 1.95 bits per heavy atom. The maximum Gasteiger partial charge on any atom is 0.137 e. The van der Waals surface area contributed by atoms with E-state index in [2.05, 4.69) is 22.7 Å². The van der Waals surface area contributed by atoms with Crippen LogP contribution in [0, 0.1) is 0 Å². The van der Waals surface area contributed by atoms with Crippen molar-refractivity contribution in [1.82, 2.24) is 10.9 Å². The first-order valence-corrected chi connectivity index (χ1v) is 6.73. The minimum Gasteiger partial charge on any atom is -0.456 e. The number of hydrogen-bond acceptors (Lipinski definition) is 5. The van der Waals surface area contributed by atoms with Crippen molar-refractivity contribution in [2.75, 3.05) is 24.8 Å². The van der Waals surface area contributed by atoms with Crippen molar-refractivity contribution in [2.45, 2.75) is 0 Å². The predicted octanol–water partition coefficient (Wildman–Crippen LogP) is 2.53. The van der Waals surface area contributed by atoms with Crippen LogP contribution >= 0.6 is 0 Å². The highest BCUT2D eigenvalue weighted by molar-refractivity contribution is 5.88. The Balaban J connectivity index is 1.91. The van der Waals surface area contributed by atoms with Gasteiger partial charge >= 0.3 is 0 Å². The summed E-state index contributed by atoms with van der Waals surface area (Å²) in [5.74, 6) is 1.55. The molecule has 0 spiro atoms. The molecule has 0 amide bonds. The molecule has 0 aromatic heterocycles. The normalized spacial score (nSPS) is 12.3. The smallest absolute Gasteiger partial charge is 0.137 e. The summed E-state index contributed by atoms with van der Waals surface area (Å²) < 4.78 is 5.91. The molecule has 0 saturated heterocycles. The second-order valence-electron chi connectivity index (χ2n) is 4.83. The van der Waals surface area contributed by atoms with E-state index in [1.54, 1.807) is 0 Å². The number of hydrogen-bond donors (Lipinski definition) is 4. The minimum absolute atomic E-state index is 0.621. The summed E-state index contributed by atoms with van der Waals surface area (Å²) in [6.07, 6.45) is 0. The summed E-state index contributed by atoms with van der Waals surface area (Å²) in [7, 11) is 1.83. The molecule has 2 aromatic rings. The Labute approximate surface area is 123 Å². The number of anilines is 2. The molecular weight excluding hydrogens is 264 g/mol. The number of fused-ring (bicyclic) bond motifs is 2. The van der Waals surface area contributed by atoms with Crippen LogP contribution in [0.1, 0.15) is 11.1 Å². The molecule has 3 rings (SSSR count). The van der Waals surface area contributed by atoms with Crippen molar-refractivity contribution in [1.29, 1.82) is 0 Å². The Hall–Kier alpha value is -2.50. The first kappa shape index (κ1) is 13.5. The maximum absolute atomic E-state index is 5.91. The first-order chi connectivity index (χ1) is 10.2. The number of ether oxygens (including phenoxy) is 1. The number of benzene rings is 2. The standard InChI is InChI=1S/C16H18N4O/c1-10-13-5-3-11(17)7-16(13)21-15-6-4-12(8-14(10)15)19-9-20-18-2/h3-8,18-20H,1,9,17H2,2H3. The molecule has 108 valence electrons. The van der Waals surface area contributed by atoms with Gasteiger partial charge in [0.15, 0.2) is 0 Å². The topological polar surface area (TPSA) is 71.3 Å². The van der Waals surface area contributed by atoms with Crippen LogP contribution in [-0.2, 0) is 0 Å². The molecule has 21 heavy (non-hydrogen) atoms. The third kappa shape index (κ3) is 2.56. The monoisotopic (exact) mass is 282 g/mol. The quantitative estimate of drug-likeness (QED) is 0.256. The summed E-state index contributed by atoms with van der Waals surface area (Å²) in [5, 5.41) is 3.26. The molecule has 5 heteroatoms. The van der Waals surface area contributed by atoms with Gasteiger partial charge in [-0.05, 0) is 43.0 Å². The Morgan fingerprint density at radius 1 is 1.10 bits per heavy atom. The van der Waals surface area contributed by atoms with Crippen LogP contribution in [0.15, 0.2) is 43.0 Å². The van der Waals surface area contributed by atoms with E-state index in [1.165, 1.54) is 0 Å². The summed E-state index contributed by atoms with van der Waals surface area (Å²) >= 11 is 0. The zero-order valence-electron chi connectivity index (χ0n) is 11.9. The Morgan fingerprint density at radius 3 is 2.76 bits per heavy atom. The average Bonchev–Trinajstić information content (AvgIpc) is 2.48. The van der Waals surface area contributed by atoms with E-state index in [9.17, 15) is 0 Å². The van der Waals surface area contributed by atoms with E-state index in [-0.39, 0.29) is 0 Å². The summed E-state index contributed by atoms with van der Waals surface area (Å²) in [4.78, 5) is 0. The van der Waals surface area contributed by atoms with Gasteiger partial charge in [-0.15, -0.1) is 0 Å². The van der Waals surface area contributed by atoms with Crippen molar-refractivity contribution < 1.29 is 4.74 Å². The fourth-order valence-corrected chi connectivity index (χ4v) is 2.34. The Bertz CT molecular complexity index is 697. The van der Waals surface area contributed by atoms with Crippen LogP contribution in [0.2, 0.25) is 0 Å². The first-order valence-electron chi connectivity index (χ1n) is 6.73. The number of hydrazine groups is 1. The van der Waals surface area contributed by atoms with E-state index < -0.39 is 0 Å². The van der Waals surface area contributed by atoms with Gasteiger partial charge in [0.2, 0.25) is 0 Å². The van der Waals surface area contributed by atoms with Crippen molar-refractivity contribution in [3.63, 3.8) is 0 Å². The lowest BCUT2D eigenvalue weighted by atomic mass is 9.95. The molecule has 2 aromatic carbocycles. The lowest BCUT2D eigenvalue weighted by Gasteiger charge is -2.23. The molecule has 0 radical (unpaired) electrons. The molecule has 0 bridgehead atoms.